The summed E-state index contributed by atoms with van der Waals surface area (Å²) in [5.41, 5.74) is 0.438. The van der Waals surface area contributed by atoms with Gasteiger partial charge in [-0.05, 0) is 26.3 Å². The van der Waals surface area contributed by atoms with Crippen LogP contribution in [0.1, 0.15) is 26.3 Å². The summed E-state index contributed by atoms with van der Waals surface area (Å²) in [5.74, 6) is -0.00650. The molecule has 1 amide bonds. The summed E-state index contributed by atoms with van der Waals surface area (Å²) in [4.78, 5) is 13.8. The predicted molar refractivity (Wildman–Crippen MR) is 97.1 cm³/mol. The van der Waals surface area contributed by atoms with Crippen molar-refractivity contribution >= 4 is 16.2 Å². The molecule has 1 saturated heterocycles. The molecule has 0 radical (unpaired) electrons. The first-order valence-electron chi connectivity index (χ1n) is 8.51. The molecule has 0 aromatic heterocycles. The number of hydrogen-bond acceptors (Lipinski definition) is 6. The fourth-order valence-electron chi connectivity index (χ4n) is 2.64. The lowest BCUT2D eigenvalue weighted by Crippen LogP contribution is -2.62. The van der Waals surface area contributed by atoms with Gasteiger partial charge < -0.3 is 14.4 Å². The number of rotatable bonds is 7. The van der Waals surface area contributed by atoms with Gasteiger partial charge in [-0.15, -0.1) is 0 Å². The van der Waals surface area contributed by atoms with Crippen LogP contribution in [-0.2, 0) is 30.4 Å². The number of carbonyl (C=O) groups excluding carboxylic acids is 1. The largest absolute Gasteiger partial charge is 0.444 e. The summed E-state index contributed by atoms with van der Waals surface area (Å²) in [6.45, 7) is 6.57. The quantitative estimate of drug-likeness (QED) is 0.671. The third-order valence-corrected chi connectivity index (χ3v) is 4.46. The molecule has 1 aliphatic rings. The minimum absolute atomic E-state index is 0.00650. The van der Waals surface area contributed by atoms with E-state index in [0.29, 0.717) is 19.8 Å². The molecule has 7 nitrogen and oxygen atoms in total. The number of carbonyl (C=O) groups is 1. The van der Waals surface area contributed by atoms with Crippen molar-refractivity contribution in [3.8, 4) is 0 Å². The summed E-state index contributed by atoms with van der Waals surface area (Å²) in [7, 11) is -3.59. The van der Waals surface area contributed by atoms with Gasteiger partial charge in [-0.25, -0.2) is 4.79 Å². The van der Waals surface area contributed by atoms with E-state index < -0.39 is 27.9 Å². The smallest absolute Gasteiger partial charge is 0.410 e. The maximum Gasteiger partial charge on any atom is 0.410 e. The van der Waals surface area contributed by atoms with Gasteiger partial charge in [-0.1, -0.05) is 30.3 Å². The molecule has 146 valence electrons. The molecular weight excluding hydrogens is 358 g/mol. The van der Waals surface area contributed by atoms with Crippen molar-refractivity contribution in [2.24, 2.45) is 5.92 Å². The molecule has 0 bridgehead atoms. The fraction of sp³-hybridized carbons (Fsp3) is 0.611. The Hall–Kier alpha value is -1.64. The van der Waals surface area contributed by atoms with E-state index in [2.05, 4.69) is 0 Å². The molecule has 0 aliphatic carbocycles. The van der Waals surface area contributed by atoms with Gasteiger partial charge in [-0.2, -0.15) is 8.42 Å². The predicted octanol–water partition coefficient (Wildman–Crippen LogP) is 2.41. The zero-order valence-electron chi connectivity index (χ0n) is 15.7. The Balaban J connectivity index is 1.91. The van der Waals surface area contributed by atoms with E-state index in [0.717, 1.165) is 11.8 Å². The average molecular weight is 385 g/mol. The van der Waals surface area contributed by atoms with E-state index in [1.54, 1.807) is 20.8 Å². The van der Waals surface area contributed by atoms with Gasteiger partial charge in [0.25, 0.3) is 10.1 Å². The minimum Gasteiger partial charge on any atom is -0.444 e. The van der Waals surface area contributed by atoms with Gasteiger partial charge in [0, 0.05) is 12.5 Å². The normalized spacial score (nSPS) is 20.5. The van der Waals surface area contributed by atoms with E-state index in [-0.39, 0.29) is 12.5 Å². The van der Waals surface area contributed by atoms with Crippen LogP contribution in [0.3, 0.4) is 0 Å². The lowest BCUT2D eigenvalue weighted by Gasteiger charge is -2.47. The Bertz CT molecular complexity index is 698. The van der Waals surface area contributed by atoms with Crippen LogP contribution in [0, 0.1) is 5.92 Å². The second kappa shape index (κ2) is 8.37. The Labute approximate surface area is 155 Å². The number of likely N-dealkylation sites (tertiary alicyclic amines) is 1. The molecule has 26 heavy (non-hydrogen) atoms. The fourth-order valence-corrected chi connectivity index (χ4v) is 3.03. The molecular formula is C18H27NO6S. The van der Waals surface area contributed by atoms with Gasteiger partial charge in [0.1, 0.15) is 5.60 Å². The monoisotopic (exact) mass is 385 g/mol. The summed E-state index contributed by atoms with van der Waals surface area (Å²) < 4.78 is 38.6. The van der Waals surface area contributed by atoms with Crippen LogP contribution in [0.2, 0.25) is 0 Å². The van der Waals surface area contributed by atoms with Crippen LogP contribution < -0.4 is 0 Å². The molecule has 0 N–H and O–H groups in total. The van der Waals surface area contributed by atoms with Gasteiger partial charge >= 0.3 is 6.09 Å². The number of hydrogen-bond donors (Lipinski definition) is 0. The van der Waals surface area contributed by atoms with Crippen molar-refractivity contribution in [1.82, 2.24) is 4.90 Å². The summed E-state index contributed by atoms with van der Waals surface area (Å²) in [6.07, 6.45) is 0.517. The van der Waals surface area contributed by atoms with E-state index in [4.69, 9.17) is 13.7 Å². The van der Waals surface area contributed by atoms with Gasteiger partial charge in [0.2, 0.25) is 0 Å². The SMILES string of the molecule is CC(C)(C)OC(=O)N1C[C@H](COCc2ccccc2)[C@H]1COS(C)(=O)=O. The highest BCUT2D eigenvalue weighted by Crippen LogP contribution is 2.28. The van der Waals surface area contributed by atoms with Gasteiger partial charge in [0.15, 0.2) is 0 Å². The van der Waals surface area contributed by atoms with Gasteiger partial charge in [-0.3, -0.25) is 4.18 Å². The lowest BCUT2D eigenvalue weighted by molar-refractivity contribution is -0.0681. The van der Waals surface area contributed by atoms with Crippen LogP contribution in [0.4, 0.5) is 4.79 Å². The molecule has 2 atom stereocenters. The zero-order valence-corrected chi connectivity index (χ0v) is 16.5. The third kappa shape index (κ3) is 6.59. The maximum absolute atomic E-state index is 12.3. The average Bonchev–Trinajstić information content (AvgIpc) is 2.48. The molecule has 1 heterocycles. The number of ether oxygens (including phenoxy) is 2. The number of nitrogens with zero attached hydrogens (tertiary/aromatic N) is 1. The van der Waals surface area contributed by atoms with Crippen molar-refractivity contribution in [3.05, 3.63) is 35.9 Å². The molecule has 0 spiro atoms. The van der Waals surface area contributed by atoms with Crippen LogP contribution in [0.25, 0.3) is 0 Å². The Kier molecular flexibility index (Phi) is 6.65. The summed E-state index contributed by atoms with van der Waals surface area (Å²) in [5, 5.41) is 0. The Morgan fingerprint density at radius 3 is 2.42 bits per heavy atom. The zero-order chi connectivity index (χ0) is 19.4. The second-order valence-corrected chi connectivity index (χ2v) is 9.09. The Morgan fingerprint density at radius 1 is 1.19 bits per heavy atom. The summed E-state index contributed by atoms with van der Waals surface area (Å²) >= 11 is 0. The van der Waals surface area contributed by atoms with E-state index >= 15 is 0 Å². The first-order valence-corrected chi connectivity index (χ1v) is 10.3. The standard InChI is InChI=1S/C18H27NO6S/c1-18(2,3)25-17(20)19-10-15(16(19)13-24-26(4,21)22)12-23-11-14-8-6-5-7-9-14/h5-9,15-16H,10-13H2,1-4H3/t15-,16-/m1/s1. The first kappa shape index (κ1) is 20.7. The van der Waals surface area contributed by atoms with Crippen LogP contribution in [0.15, 0.2) is 30.3 Å². The first-order chi connectivity index (χ1) is 12.1. The number of amides is 1. The molecule has 1 aromatic carbocycles. The molecule has 0 unspecified atom stereocenters. The van der Waals surface area contributed by atoms with Crippen molar-refractivity contribution in [2.45, 2.75) is 39.0 Å². The van der Waals surface area contributed by atoms with Crippen molar-refractivity contribution in [3.63, 3.8) is 0 Å². The lowest BCUT2D eigenvalue weighted by atomic mass is 9.90. The van der Waals surface area contributed by atoms with Gasteiger partial charge in [0.05, 0.1) is 32.1 Å². The minimum atomic E-state index is -3.59. The van der Waals surface area contributed by atoms with E-state index in [1.165, 1.54) is 4.90 Å². The van der Waals surface area contributed by atoms with E-state index in [9.17, 15) is 13.2 Å². The van der Waals surface area contributed by atoms with Crippen LogP contribution >= 0.6 is 0 Å². The molecule has 1 fully saturated rings. The molecule has 2 rings (SSSR count). The Morgan fingerprint density at radius 2 is 1.85 bits per heavy atom. The highest BCUT2D eigenvalue weighted by atomic mass is 32.2. The third-order valence-electron chi connectivity index (χ3n) is 3.90. The maximum atomic E-state index is 12.3. The second-order valence-electron chi connectivity index (χ2n) is 7.45. The van der Waals surface area contributed by atoms with Crippen molar-refractivity contribution in [2.75, 3.05) is 26.0 Å². The highest BCUT2D eigenvalue weighted by Gasteiger charge is 2.44. The highest BCUT2D eigenvalue weighted by molar-refractivity contribution is 7.85. The molecule has 1 aromatic rings. The molecule has 8 heteroatoms. The topological polar surface area (TPSA) is 82.1 Å². The molecule has 0 saturated carbocycles. The van der Waals surface area contributed by atoms with Crippen molar-refractivity contribution in [1.29, 1.82) is 0 Å². The van der Waals surface area contributed by atoms with E-state index in [1.807, 2.05) is 30.3 Å². The van der Waals surface area contributed by atoms with Crippen molar-refractivity contribution < 1.29 is 26.9 Å². The number of benzene rings is 1. The van der Waals surface area contributed by atoms with Crippen LogP contribution in [-0.4, -0.2) is 57.1 Å². The van der Waals surface area contributed by atoms with Crippen LogP contribution in [0.5, 0.6) is 0 Å². The summed E-state index contributed by atoms with van der Waals surface area (Å²) in [6, 6.07) is 9.36. The molecule has 1 aliphatic heterocycles.